The topological polar surface area (TPSA) is 80.3 Å². The van der Waals surface area contributed by atoms with Crippen LogP contribution in [0.4, 0.5) is 0 Å². The number of benzene rings is 1. The summed E-state index contributed by atoms with van der Waals surface area (Å²) >= 11 is 0.781. The maximum Gasteiger partial charge on any atom is 0.338 e. The summed E-state index contributed by atoms with van der Waals surface area (Å²) in [7, 11) is 1.28. The van der Waals surface area contributed by atoms with Gasteiger partial charge in [-0.15, -0.1) is 4.33 Å². The van der Waals surface area contributed by atoms with Gasteiger partial charge in [-0.25, -0.2) is 14.5 Å². The van der Waals surface area contributed by atoms with Crippen molar-refractivity contribution in [3.63, 3.8) is 0 Å². The third-order valence-corrected chi connectivity index (χ3v) is 2.95. The van der Waals surface area contributed by atoms with E-state index in [1.54, 1.807) is 41.5 Å². The molecule has 0 fully saturated rings. The second kappa shape index (κ2) is 8.66. The number of rotatable bonds is 6. The fraction of sp³-hybridized carbons (Fsp3) is 0.529. The molecule has 140 valence electrons. The number of ether oxygens (including phenoxy) is 2. The summed E-state index contributed by atoms with van der Waals surface area (Å²) in [4.78, 5) is 29.4. The maximum absolute atomic E-state index is 12.3. The minimum absolute atomic E-state index is 0.196. The van der Waals surface area contributed by atoms with Crippen LogP contribution in [0.1, 0.15) is 62.3 Å². The fourth-order valence-electron chi connectivity index (χ4n) is 1.64. The van der Waals surface area contributed by atoms with Gasteiger partial charge in [0.2, 0.25) is 0 Å². The molecule has 0 aromatic heterocycles. The molecule has 0 heterocycles. The second-order valence-electron chi connectivity index (χ2n) is 7.14. The molecule has 0 bridgehead atoms. The average molecular weight is 372 g/mol. The van der Waals surface area contributed by atoms with E-state index < -0.39 is 23.1 Å². The highest BCUT2D eigenvalue weighted by atomic mass is 32.2. The SMILES string of the molecule is COOOSc1cc(C(=O)OC(C)(C)C)cc(C(=O)OC(C)(C)C)c1. The number of carbonyl (C=O) groups is 2. The van der Waals surface area contributed by atoms with Gasteiger partial charge in [-0.3, -0.25) is 0 Å². The molecule has 0 aliphatic carbocycles. The molecule has 0 radical (unpaired) electrons. The van der Waals surface area contributed by atoms with Gasteiger partial charge >= 0.3 is 11.9 Å². The van der Waals surface area contributed by atoms with Gasteiger partial charge in [-0.1, -0.05) is 5.04 Å². The number of esters is 2. The molecule has 0 saturated heterocycles. The lowest BCUT2D eigenvalue weighted by Crippen LogP contribution is -2.25. The van der Waals surface area contributed by atoms with Crippen molar-refractivity contribution in [2.75, 3.05) is 7.11 Å². The summed E-state index contributed by atoms with van der Waals surface area (Å²) in [6, 6.07) is 4.46. The van der Waals surface area contributed by atoms with Gasteiger partial charge < -0.3 is 9.47 Å². The highest BCUT2D eigenvalue weighted by Gasteiger charge is 2.23. The lowest BCUT2D eigenvalue weighted by Gasteiger charge is -2.21. The van der Waals surface area contributed by atoms with Crippen molar-refractivity contribution in [3.8, 4) is 0 Å². The van der Waals surface area contributed by atoms with Crippen LogP contribution in [0.5, 0.6) is 0 Å². The largest absolute Gasteiger partial charge is 0.456 e. The van der Waals surface area contributed by atoms with Crippen LogP contribution in [0.25, 0.3) is 0 Å². The van der Waals surface area contributed by atoms with Gasteiger partial charge in [-0.2, -0.15) is 0 Å². The Balaban J connectivity index is 3.14. The molecule has 1 rings (SSSR count). The van der Waals surface area contributed by atoms with Crippen molar-refractivity contribution in [2.45, 2.75) is 57.6 Å². The molecule has 8 heteroatoms. The molecule has 0 aliphatic rings. The molecule has 0 amide bonds. The Labute approximate surface area is 152 Å². The smallest absolute Gasteiger partial charge is 0.338 e. The van der Waals surface area contributed by atoms with E-state index in [2.05, 4.69) is 9.93 Å². The molecule has 0 N–H and O–H groups in total. The van der Waals surface area contributed by atoms with Gasteiger partial charge in [-0.05, 0) is 59.7 Å². The molecule has 0 spiro atoms. The van der Waals surface area contributed by atoms with Crippen LogP contribution in [0.3, 0.4) is 0 Å². The van der Waals surface area contributed by atoms with Gasteiger partial charge in [0, 0.05) is 4.90 Å². The molecular weight excluding hydrogens is 348 g/mol. The predicted octanol–water partition coefficient (Wildman–Crippen LogP) is 4.11. The van der Waals surface area contributed by atoms with Gasteiger partial charge in [0.05, 0.1) is 30.3 Å². The van der Waals surface area contributed by atoms with Gasteiger partial charge in [0.1, 0.15) is 11.2 Å². The maximum atomic E-state index is 12.3. The number of carbonyl (C=O) groups excluding carboxylic acids is 2. The summed E-state index contributed by atoms with van der Waals surface area (Å²) in [5, 5.41) is 4.33. The van der Waals surface area contributed by atoms with E-state index in [-0.39, 0.29) is 11.1 Å². The quantitative estimate of drug-likeness (QED) is 0.243. The van der Waals surface area contributed by atoms with Crippen LogP contribution < -0.4 is 0 Å². The minimum atomic E-state index is -0.665. The van der Waals surface area contributed by atoms with Crippen LogP contribution in [0.15, 0.2) is 23.1 Å². The summed E-state index contributed by atoms with van der Waals surface area (Å²) in [5.74, 6) is -1.13. The third-order valence-electron chi connectivity index (χ3n) is 2.40. The summed E-state index contributed by atoms with van der Waals surface area (Å²) in [6.45, 7) is 10.5. The highest BCUT2D eigenvalue weighted by Crippen LogP contribution is 2.25. The van der Waals surface area contributed by atoms with Crippen molar-refractivity contribution >= 4 is 24.0 Å². The molecule has 0 aliphatic heterocycles. The van der Waals surface area contributed by atoms with E-state index in [1.807, 2.05) is 0 Å². The summed E-state index contributed by atoms with van der Waals surface area (Å²) in [5.41, 5.74) is -0.937. The third kappa shape index (κ3) is 8.35. The van der Waals surface area contributed by atoms with Gasteiger partial charge in [0.25, 0.3) is 0 Å². The van der Waals surface area contributed by atoms with Crippen LogP contribution in [-0.4, -0.2) is 30.3 Å². The highest BCUT2D eigenvalue weighted by molar-refractivity contribution is 7.94. The Bertz CT molecular complexity index is 568. The summed E-state index contributed by atoms with van der Waals surface area (Å²) < 4.78 is 15.4. The van der Waals surface area contributed by atoms with E-state index in [0.29, 0.717) is 4.90 Å². The first kappa shape index (κ1) is 21.4. The van der Waals surface area contributed by atoms with Crippen molar-refractivity contribution < 1.29 is 33.3 Å². The molecule has 1 aromatic rings. The number of hydrogen-bond donors (Lipinski definition) is 0. The predicted molar refractivity (Wildman–Crippen MR) is 91.8 cm³/mol. The molecule has 25 heavy (non-hydrogen) atoms. The average Bonchev–Trinajstić information content (AvgIpc) is 2.43. The zero-order valence-corrected chi connectivity index (χ0v) is 16.3. The lowest BCUT2D eigenvalue weighted by atomic mass is 10.1. The standard InChI is InChI=1S/C17H24O7S/c1-16(2,3)21-14(18)11-8-12(15(19)22-17(4,5)6)10-13(9-11)25-24-23-20-7/h8-10H,1-7H3. The van der Waals surface area contributed by atoms with Crippen LogP contribution in [0, 0.1) is 0 Å². The Kier molecular flexibility index (Phi) is 7.43. The lowest BCUT2D eigenvalue weighted by molar-refractivity contribution is -0.447. The Morgan fingerprint density at radius 2 is 1.28 bits per heavy atom. The molecule has 0 saturated carbocycles. The van der Waals surface area contributed by atoms with Crippen LogP contribution in [-0.2, 0) is 23.7 Å². The number of hydrogen-bond acceptors (Lipinski definition) is 8. The van der Waals surface area contributed by atoms with E-state index in [1.165, 1.54) is 25.3 Å². The van der Waals surface area contributed by atoms with Crippen molar-refractivity contribution in [3.05, 3.63) is 29.3 Å². The van der Waals surface area contributed by atoms with Crippen LogP contribution in [0.2, 0.25) is 0 Å². The van der Waals surface area contributed by atoms with E-state index in [9.17, 15) is 9.59 Å². The molecular formula is C17H24O7S. The minimum Gasteiger partial charge on any atom is -0.456 e. The van der Waals surface area contributed by atoms with E-state index in [4.69, 9.17) is 13.8 Å². The second-order valence-corrected chi connectivity index (χ2v) is 7.91. The zero-order chi connectivity index (χ0) is 19.3. The fourth-order valence-corrected chi connectivity index (χ4v) is 2.15. The van der Waals surface area contributed by atoms with E-state index >= 15 is 0 Å². The molecule has 0 atom stereocenters. The van der Waals surface area contributed by atoms with Gasteiger partial charge in [0.15, 0.2) is 0 Å². The zero-order valence-electron chi connectivity index (χ0n) is 15.5. The Hall–Kier alpha value is -1.61. The molecule has 7 nitrogen and oxygen atoms in total. The van der Waals surface area contributed by atoms with Crippen molar-refractivity contribution in [1.29, 1.82) is 0 Å². The Morgan fingerprint density at radius 3 is 1.64 bits per heavy atom. The molecule has 0 unspecified atom stereocenters. The summed E-state index contributed by atoms with van der Waals surface area (Å²) in [6.07, 6.45) is 0. The monoisotopic (exact) mass is 372 g/mol. The Morgan fingerprint density at radius 1 is 0.840 bits per heavy atom. The van der Waals surface area contributed by atoms with Crippen molar-refractivity contribution in [2.24, 2.45) is 0 Å². The van der Waals surface area contributed by atoms with Crippen LogP contribution >= 0.6 is 12.0 Å². The first-order valence-electron chi connectivity index (χ1n) is 7.57. The van der Waals surface area contributed by atoms with E-state index in [0.717, 1.165) is 12.0 Å². The first-order chi connectivity index (χ1) is 11.4. The van der Waals surface area contributed by atoms with Crippen molar-refractivity contribution in [1.82, 2.24) is 0 Å². The normalized spacial score (nSPS) is 12.0. The first-order valence-corrected chi connectivity index (χ1v) is 8.31. The molecule has 1 aromatic carbocycles.